The van der Waals surface area contributed by atoms with Crippen molar-refractivity contribution in [1.29, 1.82) is 0 Å². The van der Waals surface area contributed by atoms with E-state index in [1.54, 1.807) is 0 Å². The minimum atomic E-state index is -4.25. The third kappa shape index (κ3) is 20.0. The monoisotopic (exact) mass is 382 g/mol. The van der Waals surface area contributed by atoms with Crippen molar-refractivity contribution in [3.8, 4) is 0 Å². The molecule has 26 heavy (non-hydrogen) atoms. The highest BCUT2D eigenvalue weighted by atomic mass is 19.4. The standard InChI is InChI=1S/C21H41F3O2/c1-3-5-7-9-11-13-15-17-25-20(19-21(22,23)24)26-18-16-14-12-10-8-6-4-2/h20H,3-19H2,1-2H3. The van der Waals surface area contributed by atoms with Crippen LogP contribution in [0.15, 0.2) is 0 Å². The molecule has 0 aliphatic rings. The molecule has 0 atom stereocenters. The summed E-state index contributed by atoms with van der Waals surface area (Å²) in [6, 6.07) is 0. The second-order valence-corrected chi connectivity index (χ2v) is 7.23. The van der Waals surface area contributed by atoms with Crippen LogP contribution >= 0.6 is 0 Å². The molecule has 0 unspecified atom stereocenters. The summed E-state index contributed by atoms with van der Waals surface area (Å²) in [5, 5.41) is 0. The van der Waals surface area contributed by atoms with Crippen LogP contribution in [0.25, 0.3) is 0 Å². The Kier molecular flexibility index (Phi) is 17.9. The van der Waals surface area contributed by atoms with Gasteiger partial charge in [0.1, 0.15) is 0 Å². The van der Waals surface area contributed by atoms with Crippen LogP contribution in [-0.2, 0) is 9.47 Å². The smallest absolute Gasteiger partial charge is 0.352 e. The van der Waals surface area contributed by atoms with Crippen LogP contribution in [0.2, 0.25) is 0 Å². The van der Waals surface area contributed by atoms with E-state index in [0.29, 0.717) is 13.2 Å². The molecule has 158 valence electrons. The molecular weight excluding hydrogens is 341 g/mol. The van der Waals surface area contributed by atoms with Crippen molar-refractivity contribution >= 4 is 0 Å². The number of hydrogen-bond acceptors (Lipinski definition) is 2. The minimum absolute atomic E-state index is 0.353. The van der Waals surface area contributed by atoms with E-state index in [1.165, 1.54) is 51.4 Å². The lowest BCUT2D eigenvalue weighted by Gasteiger charge is -2.20. The molecule has 0 N–H and O–H groups in total. The van der Waals surface area contributed by atoms with Gasteiger partial charge in [0.05, 0.1) is 6.42 Å². The van der Waals surface area contributed by atoms with Gasteiger partial charge in [-0.3, -0.25) is 0 Å². The Balaban J connectivity index is 3.74. The van der Waals surface area contributed by atoms with E-state index in [4.69, 9.17) is 9.47 Å². The molecule has 5 heteroatoms. The molecule has 0 rings (SSSR count). The van der Waals surface area contributed by atoms with Crippen molar-refractivity contribution < 1.29 is 22.6 Å². The summed E-state index contributed by atoms with van der Waals surface area (Å²) in [6.45, 7) is 5.07. The van der Waals surface area contributed by atoms with E-state index >= 15 is 0 Å². The van der Waals surface area contributed by atoms with Gasteiger partial charge in [0, 0.05) is 13.2 Å². The molecule has 0 fully saturated rings. The number of hydrogen-bond donors (Lipinski definition) is 0. The molecule has 0 saturated heterocycles. The van der Waals surface area contributed by atoms with Gasteiger partial charge in [-0.25, -0.2) is 0 Å². The van der Waals surface area contributed by atoms with Crippen molar-refractivity contribution in [3.63, 3.8) is 0 Å². The molecular formula is C21H41F3O2. The molecule has 0 aliphatic heterocycles. The average Bonchev–Trinajstić information content (AvgIpc) is 2.58. The van der Waals surface area contributed by atoms with Crippen LogP contribution in [0.4, 0.5) is 13.2 Å². The summed E-state index contributed by atoms with van der Waals surface area (Å²) in [7, 11) is 0. The summed E-state index contributed by atoms with van der Waals surface area (Å²) in [4.78, 5) is 0. The third-order valence-corrected chi connectivity index (χ3v) is 4.50. The maximum Gasteiger partial charge on any atom is 0.393 e. The molecule has 0 heterocycles. The van der Waals surface area contributed by atoms with Crippen molar-refractivity contribution in [3.05, 3.63) is 0 Å². The van der Waals surface area contributed by atoms with Gasteiger partial charge in [-0.05, 0) is 12.8 Å². The minimum Gasteiger partial charge on any atom is -0.352 e. The van der Waals surface area contributed by atoms with Crippen molar-refractivity contribution in [2.45, 2.75) is 123 Å². The maximum atomic E-state index is 12.6. The van der Waals surface area contributed by atoms with E-state index in [1.807, 2.05) is 0 Å². The van der Waals surface area contributed by atoms with E-state index < -0.39 is 18.9 Å². The Hall–Kier alpha value is -0.290. The fourth-order valence-electron chi connectivity index (χ4n) is 2.90. The predicted octanol–water partition coefficient (Wildman–Crippen LogP) is 7.80. The fraction of sp³-hybridized carbons (Fsp3) is 1.00. The quantitative estimate of drug-likeness (QED) is 0.168. The third-order valence-electron chi connectivity index (χ3n) is 4.50. The number of halogens is 3. The normalized spacial score (nSPS) is 12.2. The van der Waals surface area contributed by atoms with Crippen LogP contribution in [-0.4, -0.2) is 25.7 Å². The molecule has 0 aliphatic carbocycles. The summed E-state index contributed by atoms with van der Waals surface area (Å²) >= 11 is 0. The van der Waals surface area contributed by atoms with Gasteiger partial charge in [0.2, 0.25) is 0 Å². The molecule has 0 aromatic carbocycles. The second-order valence-electron chi connectivity index (χ2n) is 7.23. The molecule has 0 aromatic heterocycles. The Labute approximate surface area is 159 Å². The molecule has 0 amide bonds. The van der Waals surface area contributed by atoms with E-state index in [-0.39, 0.29) is 0 Å². The lowest BCUT2D eigenvalue weighted by atomic mass is 10.1. The van der Waals surface area contributed by atoms with Crippen LogP contribution < -0.4 is 0 Å². The predicted molar refractivity (Wildman–Crippen MR) is 102 cm³/mol. The highest BCUT2D eigenvalue weighted by Gasteiger charge is 2.33. The molecule has 0 saturated carbocycles. The van der Waals surface area contributed by atoms with Gasteiger partial charge in [0.15, 0.2) is 6.29 Å². The van der Waals surface area contributed by atoms with Crippen LogP contribution in [0.1, 0.15) is 110 Å². The summed E-state index contributed by atoms with van der Waals surface area (Å²) in [5.41, 5.74) is 0. The number of unbranched alkanes of at least 4 members (excludes halogenated alkanes) is 12. The summed E-state index contributed by atoms with van der Waals surface area (Å²) in [6.07, 6.45) is 9.36. The largest absolute Gasteiger partial charge is 0.393 e. The van der Waals surface area contributed by atoms with Gasteiger partial charge in [-0.2, -0.15) is 13.2 Å². The first-order valence-corrected chi connectivity index (χ1v) is 10.8. The Bertz CT molecular complexity index is 263. The van der Waals surface area contributed by atoms with Crippen LogP contribution in [0.5, 0.6) is 0 Å². The fourth-order valence-corrected chi connectivity index (χ4v) is 2.90. The van der Waals surface area contributed by atoms with Gasteiger partial charge in [-0.1, -0.05) is 90.9 Å². The zero-order chi connectivity index (χ0) is 19.5. The summed E-state index contributed by atoms with van der Waals surface area (Å²) < 4.78 is 48.7. The highest BCUT2D eigenvalue weighted by Crippen LogP contribution is 2.24. The summed E-state index contributed by atoms with van der Waals surface area (Å²) in [5.74, 6) is 0. The molecule has 0 aromatic rings. The number of alkyl halides is 3. The first kappa shape index (κ1) is 25.7. The SMILES string of the molecule is CCCCCCCCCOC(CC(F)(F)F)OCCCCCCCCC. The Morgan fingerprint density at radius 3 is 1.27 bits per heavy atom. The van der Waals surface area contributed by atoms with Crippen molar-refractivity contribution in [1.82, 2.24) is 0 Å². The number of rotatable bonds is 19. The van der Waals surface area contributed by atoms with Gasteiger partial charge >= 0.3 is 6.18 Å². The van der Waals surface area contributed by atoms with Gasteiger partial charge < -0.3 is 9.47 Å². The topological polar surface area (TPSA) is 18.5 Å². The molecule has 0 spiro atoms. The van der Waals surface area contributed by atoms with Crippen molar-refractivity contribution in [2.24, 2.45) is 0 Å². The lowest BCUT2D eigenvalue weighted by Crippen LogP contribution is -2.26. The Morgan fingerprint density at radius 2 is 0.923 bits per heavy atom. The van der Waals surface area contributed by atoms with E-state index in [2.05, 4.69) is 13.8 Å². The molecule has 0 radical (unpaired) electrons. The number of ether oxygens (including phenoxy) is 2. The lowest BCUT2D eigenvalue weighted by molar-refractivity contribution is -0.222. The maximum absolute atomic E-state index is 12.6. The van der Waals surface area contributed by atoms with Crippen LogP contribution in [0.3, 0.4) is 0 Å². The van der Waals surface area contributed by atoms with E-state index in [0.717, 1.165) is 38.5 Å². The first-order valence-electron chi connectivity index (χ1n) is 10.8. The zero-order valence-corrected chi connectivity index (χ0v) is 17.0. The Morgan fingerprint density at radius 1 is 0.577 bits per heavy atom. The second kappa shape index (κ2) is 18.1. The average molecular weight is 383 g/mol. The zero-order valence-electron chi connectivity index (χ0n) is 17.0. The highest BCUT2D eigenvalue weighted by molar-refractivity contribution is 4.56. The van der Waals surface area contributed by atoms with Crippen LogP contribution in [0, 0.1) is 0 Å². The van der Waals surface area contributed by atoms with Gasteiger partial charge in [-0.15, -0.1) is 0 Å². The van der Waals surface area contributed by atoms with E-state index in [9.17, 15) is 13.2 Å². The van der Waals surface area contributed by atoms with Crippen molar-refractivity contribution in [2.75, 3.05) is 13.2 Å². The molecule has 0 bridgehead atoms. The van der Waals surface area contributed by atoms with Gasteiger partial charge in [0.25, 0.3) is 0 Å². The first-order chi connectivity index (χ1) is 12.5. The molecule has 2 nitrogen and oxygen atoms in total.